The molecule has 0 aliphatic carbocycles. The smallest absolute Gasteiger partial charge is 0.161 e. The standard InChI is InChI=1S/C18H31NO2/c1-15(2)14-19-11-7-5-6-8-12-21-17-10-9-16(3)13-18(17)20-4/h9-10,13,15,19H,5-8,11-12,14H2,1-4H3. The van der Waals surface area contributed by atoms with Crippen LogP contribution in [0.1, 0.15) is 45.1 Å². The zero-order valence-electron chi connectivity index (χ0n) is 14.1. The predicted molar refractivity (Wildman–Crippen MR) is 89.4 cm³/mol. The lowest BCUT2D eigenvalue weighted by molar-refractivity contribution is 0.284. The molecule has 0 radical (unpaired) electrons. The minimum Gasteiger partial charge on any atom is -0.493 e. The number of benzene rings is 1. The van der Waals surface area contributed by atoms with Crippen LogP contribution in [0.25, 0.3) is 0 Å². The highest BCUT2D eigenvalue weighted by molar-refractivity contribution is 5.42. The van der Waals surface area contributed by atoms with E-state index in [4.69, 9.17) is 9.47 Å². The molecule has 120 valence electrons. The molecule has 1 aromatic rings. The predicted octanol–water partition coefficient (Wildman–Crippen LogP) is 4.19. The van der Waals surface area contributed by atoms with Gasteiger partial charge in [-0.15, -0.1) is 0 Å². The number of rotatable bonds is 11. The number of unbranched alkanes of at least 4 members (excludes halogenated alkanes) is 3. The first-order valence-corrected chi connectivity index (χ1v) is 8.11. The van der Waals surface area contributed by atoms with E-state index in [2.05, 4.69) is 32.2 Å². The van der Waals surface area contributed by atoms with Crippen LogP contribution in [0.3, 0.4) is 0 Å². The Morgan fingerprint density at radius 3 is 2.52 bits per heavy atom. The fourth-order valence-electron chi connectivity index (χ4n) is 2.17. The van der Waals surface area contributed by atoms with Crippen LogP contribution in [-0.2, 0) is 0 Å². The first kappa shape index (κ1) is 17.8. The van der Waals surface area contributed by atoms with E-state index >= 15 is 0 Å². The third kappa shape index (κ3) is 7.96. The van der Waals surface area contributed by atoms with E-state index in [9.17, 15) is 0 Å². The monoisotopic (exact) mass is 293 g/mol. The summed E-state index contributed by atoms with van der Waals surface area (Å²) in [6, 6.07) is 6.05. The average molecular weight is 293 g/mol. The summed E-state index contributed by atoms with van der Waals surface area (Å²) in [6.45, 7) is 9.55. The van der Waals surface area contributed by atoms with Crippen molar-refractivity contribution in [3.8, 4) is 11.5 Å². The van der Waals surface area contributed by atoms with Crippen molar-refractivity contribution in [3.63, 3.8) is 0 Å². The van der Waals surface area contributed by atoms with Crippen molar-refractivity contribution >= 4 is 0 Å². The normalized spacial score (nSPS) is 10.9. The SMILES string of the molecule is COc1cc(C)ccc1OCCCCCCNCC(C)C. The second-order valence-electron chi connectivity index (χ2n) is 6.01. The van der Waals surface area contributed by atoms with Gasteiger partial charge >= 0.3 is 0 Å². The summed E-state index contributed by atoms with van der Waals surface area (Å²) in [7, 11) is 1.69. The lowest BCUT2D eigenvalue weighted by Crippen LogP contribution is -2.20. The maximum Gasteiger partial charge on any atom is 0.161 e. The van der Waals surface area contributed by atoms with Crippen molar-refractivity contribution in [1.82, 2.24) is 5.32 Å². The number of methoxy groups -OCH3 is 1. The van der Waals surface area contributed by atoms with Crippen molar-refractivity contribution in [2.24, 2.45) is 5.92 Å². The van der Waals surface area contributed by atoms with Gasteiger partial charge in [-0.2, -0.15) is 0 Å². The van der Waals surface area contributed by atoms with Crippen LogP contribution in [-0.4, -0.2) is 26.8 Å². The number of hydrogen-bond donors (Lipinski definition) is 1. The molecule has 3 heteroatoms. The van der Waals surface area contributed by atoms with E-state index in [-0.39, 0.29) is 0 Å². The molecule has 0 heterocycles. The molecule has 1 N–H and O–H groups in total. The van der Waals surface area contributed by atoms with E-state index in [1.807, 2.05) is 12.1 Å². The third-order valence-corrected chi connectivity index (χ3v) is 3.38. The van der Waals surface area contributed by atoms with Gasteiger partial charge in [0.1, 0.15) is 0 Å². The molecule has 0 spiro atoms. The molecular formula is C18H31NO2. The Bertz CT molecular complexity index is 391. The van der Waals surface area contributed by atoms with Crippen molar-refractivity contribution in [1.29, 1.82) is 0 Å². The summed E-state index contributed by atoms with van der Waals surface area (Å²) in [5, 5.41) is 3.47. The molecule has 0 aromatic heterocycles. The third-order valence-electron chi connectivity index (χ3n) is 3.38. The Morgan fingerprint density at radius 1 is 1.05 bits per heavy atom. The van der Waals surface area contributed by atoms with Gasteiger partial charge in [0.25, 0.3) is 0 Å². The molecule has 0 unspecified atom stereocenters. The fraction of sp³-hybridized carbons (Fsp3) is 0.667. The Kier molecular flexibility index (Phi) is 8.91. The Morgan fingerprint density at radius 2 is 1.81 bits per heavy atom. The topological polar surface area (TPSA) is 30.5 Å². The summed E-state index contributed by atoms with van der Waals surface area (Å²) < 4.78 is 11.1. The van der Waals surface area contributed by atoms with Gasteiger partial charge in [0.2, 0.25) is 0 Å². The minimum atomic E-state index is 0.739. The first-order chi connectivity index (χ1) is 10.1. The summed E-state index contributed by atoms with van der Waals surface area (Å²) in [5.74, 6) is 2.41. The van der Waals surface area contributed by atoms with Gasteiger partial charge in [0.15, 0.2) is 11.5 Å². The first-order valence-electron chi connectivity index (χ1n) is 8.11. The lowest BCUT2D eigenvalue weighted by atomic mass is 10.2. The van der Waals surface area contributed by atoms with Crippen LogP contribution >= 0.6 is 0 Å². The van der Waals surface area contributed by atoms with Crippen LogP contribution in [0.2, 0.25) is 0 Å². The Labute approximate surface area is 130 Å². The second kappa shape index (κ2) is 10.5. The second-order valence-corrected chi connectivity index (χ2v) is 6.01. The summed E-state index contributed by atoms with van der Waals surface area (Å²) >= 11 is 0. The van der Waals surface area contributed by atoms with Gasteiger partial charge in [-0.3, -0.25) is 0 Å². The molecule has 21 heavy (non-hydrogen) atoms. The zero-order valence-corrected chi connectivity index (χ0v) is 14.1. The number of ether oxygens (including phenoxy) is 2. The zero-order chi connectivity index (χ0) is 15.5. The molecule has 0 saturated carbocycles. The summed E-state index contributed by atoms with van der Waals surface area (Å²) in [6.07, 6.45) is 4.83. The van der Waals surface area contributed by atoms with Crippen molar-refractivity contribution in [2.75, 3.05) is 26.8 Å². The highest BCUT2D eigenvalue weighted by Gasteiger charge is 2.03. The van der Waals surface area contributed by atoms with E-state index in [0.29, 0.717) is 0 Å². The van der Waals surface area contributed by atoms with Gasteiger partial charge in [0.05, 0.1) is 13.7 Å². The molecule has 1 aromatic carbocycles. The van der Waals surface area contributed by atoms with Gasteiger partial charge in [0, 0.05) is 0 Å². The fourth-order valence-corrected chi connectivity index (χ4v) is 2.17. The average Bonchev–Trinajstić information content (AvgIpc) is 2.46. The van der Waals surface area contributed by atoms with E-state index in [0.717, 1.165) is 43.5 Å². The maximum atomic E-state index is 5.80. The minimum absolute atomic E-state index is 0.739. The number of aryl methyl sites for hydroxylation is 1. The molecule has 0 atom stereocenters. The molecule has 0 saturated heterocycles. The number of hydrogen-bond acceptors (Lipinski definition) is 3. The maximum absolute atomic E-state index is 5.80. The van der Waals surface area contributed by atoms with E-state index in [1.165, 1.54) is 24.8 Å². The molecule has 3 nitrogen and oxygen atoms in total. The van der Waals surface area contributed by atoms with Gasteiger partial charge in [-0.05, 0) is 56.5 Å². The molecule has 1 rings (SSSR count). The van der Waals surface area contributed by atoms with Crippen LogP contribution in [0.4, 0.5) is 0 Å². The Balaban J connectivity index is 2.07. The van der Waals surface area contributed by atoms with Crippen LogP contribution in [0, 0.1) is 12.8 Å². The van der Waals surface area contributed by atoms with Crippen molar-refractivity contribution < 1.29 is 9.47 Å². The van der Waals surface area contributed by atoms with Crippen LogP contribution in [0.5, 0.6) is 11.5 Å². The lowest BCUT2D eigenvalue weighted by Gasteiger charge is -2.11. The van der Waals surface area contributed by atoms with Gasteiger partial charge < -0.3 is 14.8 Å². The van der Waals surface area contributed by atoms with Crippen molar-refractivity contribution in [2.45, 2.75) is 46.5 Å². The molecule has 0 aliphatic heterocycles. The molecule has 0 amide bonds. The highest BCUT2D eigenvalue weighted by atomic mass is 16.5. The van der Waals surface area contributed by atoms with Gasteiger partial charge in [-0.1, -0.05) is 32.8 Å². The summed E-state index contributed by atoms with van der Waals surface area (Å²) in [4.78, 5) is 0. The quantitative estimate of drug-likeness (QED) is 0.621. The largest absolute Gasteiger partial charge is 0.493 e. The van der Waals surface area contributed by atoms with Crippen LogP contribution in [0.15, 0.2) is 18.2 Å². The van der Waals surface area contributed by atoms with Crippen molar-refractivity contribution in [3.05, 3.63) is 23.8 Å². The van der Waals surface area contributed by atoms with Gasteiger partial charge in [-0.25, -0.2) is 0 Å². The highest BCUT2D eigenvalue weighted by Crippen LogP contribution is 2.27. The molecule has 0 aliphatic rings. The number of nitrogens with one attached hydrogen (secondary N) is 1. The summed E-state index contributed by atoms with van der Waals surface area (Å²) in [5.41, 5.74) is 1.19. The van der Waals surface area contributed by atoms with Crippen LogP contribution < -0.4 is 14.8 Å². The van der Waals surface area contributed by atoms with E-state index < -0.39 is 0 Å². The molecular weight excluding hydrogens is 262 g/mol. The molecule has 0 fully saturated rings. The Hall–Kier alpha value is -1.22. The molecule has 0 bridgehead atoms. The van der Waals surface area contributed by atoms with E-state index in [1.54, 1.807) is 7.11 Å².